The molecule has 0 amide bonds. The molecule has 0 aliphatic heterocycles. The van der Waals surface area contributed by atoms with Crippen LogP contribution in [0, 0.1) is 0 Å². The monoisotopic (exact) mass is 1660 g/mol. The molecule has 129 heavy (non-hydrogen) atoms. The quantitative estimate of drug-likeness (QED) is 0.127. The number of benzene rings is 18. The molecule has 0 N–H and O–H groups in total. The molecule has 28 rings (SSSR count). The second-order valence-electron chi connectivity index (χ2n) is 33.6. The molecule has 0 aliphatic carbocycles. The highest BCUT2D eigenvalue weighted by atomic mass is 32.1. The lowest BCUT2D eigenvalue weighted by atomic mass is 9.95. The van der Waals surface area contributed by atoms with Gasteiger partial charge in [0.05, 0.1) is 83.6 Å². The highest BCUT2D eigenvalue weighted by Crippen LogP contribution is 2.52. The maximum absolute atomic E-state index is 6.59. The molecule has 0 bridgehead atoms. The van der Waals surface area contributed by atoms with Gasteiger partial charge in [-0.15, -0.1) is 11.3 Å². The van der Waals surface area contributed by atoms with E-state index in [4.69, 9.17) is 34.3 Å². The highest BCUT2D eigenvalue weighted by Gasteiger charge is 2.30. The van der Waals surface area contributed by atoms with E-state index < -0.39 is 0 Å². The van der Waals surface area contributed by atoms with E-state index in [1.54, 1.807) is 0 Å². The van der Waals surface area contributed by atoms with Crippen LogP contribution in [0.1, 0.15) is 0 Å². The minimum absolute atomic E-state index is 0.494. The van der Waals surface area contributed by atoms with E-state index in [0.717, 1.165) is 198 Å². The van der Waals surface area contributed by atoms with Gasteiger partial charge in [-0.1, -0.05) is 297 Å². The number of nitrogens with zero attached hydrogens (tertiary/aromatic N) is 11. The van der Waals surface area contributed by atoms with Gasteiger partial charge < -0.3 is 18.1 Å². The number of pyridine rings is 1. The first-order chi connectivity index (χ1) is 64.0. The Morgan fingerprint density at radius 2 is 0.705 bits per heavy atom. The molecule has 18 aromatic carbocycles. The van der Waals surface area contributed by atoms with Gasteiger partial charge in [0.15, 0.2) is 11.6 Å². The van der Waals surface area contributed by atoms with Crippen molar-refractivity contribution in [3.05, 3.63) is 407 Å². The number of hydrogen-bond acceptors (Lipinski definition) is 8. The fourth-order valence-electron chi connectivity index (χ4n) is 20.9. The summed E-state index contributed by atoms with van der Waals surface area (Å²) in [7, 11) is 0. The molecule has 598 valence electrons. The van der Waals surface area contributed by atoms with Crippen molar-refractivity contribution in [2.24, 2.45) is 0 Å². The van der Waals surface area contributed by atoms with Gasteiger partial charge >= 0.3 is 0 Å². The van der Waals surface area contributed by atoms with Crippen molar-refractivity contribution in [1.82, 2.24) is 52.7 Å². The van der Waals surface area contributed by atoms with E-state index in [1.807, 2.05) is 17.5 Å². The molecule has 0 aliphatic rings. The van der Waals surface area contributed by atoms with Crippen LogP contribution in [0.4, 0.5) is 0 Å². The van der Waals surface area contributed by atoms with Crippen LogP contribution in [-0.2, 0) is 0 Å². The summed E-state index contributed by atoms with van der Waals surface area (Å²) in [6, 6.07) is 144. The predicted octanol–water partition coefficient (Wildman–Crippen LogP) is 30.1. The fraction of sp³-hybridized carbons (Fsp3) is 0. The number of aromatic nitrogens is 11. The number of furan rings is 1. The summed E-state index contributed by atoms with van der Waals surface area (Å²) in [5.74, 6) is 2.22. The van der Waals surface area contributed by atoms with Gasteiger partial charge in [0, 0.05) is 124 Å². The molecule has 12 nitrogen and oxygen atoms in total. The van der Waals surface area contributed by atoms with E-state index >= 15 is 0 Å². The number of thiophene rings is 1. The molecular weight excluding hydrogens is 1600 g/mol. The van der Waals surface area contributed by atoms with Crippen LogP contribution in [0.3, 0.4) is 0 Å². The fourth-order valence-corrected chi connectivity index (χ4v) is 22.2. The van der Waals surface area contributed by atoms with Gasteiger partial charge in [0.25, 0.3) is 0 Å². The lowest BCUT2D eigenvalue weighted by Crippen LogP contribution is -2.07. The Kier molecular flexibility index (Phi) is 15.2. The van der Waals surface area contributed by atoms with Crippen LogP contribution < -0.4 is 0 Å². The average molecular weight is 1660 g/mol. The van der Waals surface area contributed by atoms with Crippen LogP contribution in [0.5, 0.6) is 0 Å². The first kappa shape index (κ1) is 71.2. The topological polar surface area (TPSA) is 115 Å². The van der Waals surface area contributed by atoms with Crippen molar-refractivity contribution in [3.8, 4) is 96.4 Å². The lowest BCUT2D eigenvalue weighted by Gasteiger charge is -2.15. The summed E-state index contributed by atoms with van der Waals surface area (Å²) in [5.41, 5.74) is 26.1. The Labute approximate surface area is 739 Å². The maximum atomic E-state index is 6.59. The van der Waals surface area contributed by atoms with E-state index in [1.165, 1.54) is 41.7 Å². The van der Waals surface area contributed by atoms with Crippen molar-refractivity contribution in [3.63, 3.8) is 0 Å². The predicted molar refractivity (Wildman–Crippen MR) is 533 cm³/mol. The maximum Gasteiger partial charge on any atom is 0.238 e. The van der Waals surface area contributed by atoms with E-state index in [2.05, 4.69) is 423 Å². The van der Waals surface area contributed by atoms with Crippen LogP contribution in [-0.4, -0.2) is 52.7 Å². The van der Waals surface area contributed by atoms with Gasteiger partial charge in [-0.2, -0.15) is 9.97 Å². The minimum atomic E-state index is 0.494. The molecule has 13 heteroatoms. The number of rotatable bonds is 11. The summed E-state index contributed by atoms with van der Waals surface area (Å²) in [6.45, 7) is 0. The van der Waals surface area contributed by atoms with Crippen molar-refractivity contribution in [2.45, 2.75) is 0 Å². The molecule has 0 spiro atoms. The van der Waals surface area contributed by atoms with Crippen LogP contribution in [0.2, 0.25) is 0 Å². The SMILES string of the molecule is c1ccc(-c2ccc(-c3nc(-c4ccc(-c5ccc6c(c5)sc5c7ccccc7c7c(c8ccccc8n7-c7nc(-c8ccccc8)c8ccccc8n7)c65)cc4)nc(-n4c5ccccc5c5cc(-c6ccc7c(c6)c6ccccc6n7-c6ccc7oc8ncc(-n9c%10ccccc%10c%10ccccc%109)cc8c7c6)c6c7ccccc7n(-c7ccccc7)c6c54)n3)cc2)cc1. The van der Waals surface area contributed by atoms with Crippen molar-refractivity contribution >= 4 is 184 Å². The minimum Gasteiger partial charge on any atom is -0.438 e. The Balaban J connectivity index is 0.608. The van der Waals surface area contributed by atoms with E-state index in [-0.39, 0.29) is 0 Å². The molecule has 0 atom stereocenters. The zero-order valence-electron chi connectivity index (χ0n) is 68.9. The second kappa shape index (κ2) is 27.6. The Morgan fingerprint density at radius 1 is 0.233 bits per heavy atom. The summed E-state index contributed by atoms with van der Waals surface area (Å²) in [6.07, 6.45) is 1.93. The molecular formula is C116H67N11OS. The van der Waals surface area contributed by atoms with Gasteiger partial charge in [-0.25, -0.2) is 19.9 Å². The third-order valence-corrected chi connectivity index (χ3v) is 27.8. The average Bonchev–Trinajstić information content (AvgIpc) is 1.53. The van der Waals surface area contributed by atoms with Crippen molar-refractivity contribution in [2.75, 3.05) is 0 Å². The van der Waals surface area contributed by atoms with Gasteiger partial charge in [0.2, 0.25) is 17.6 Å². The molecule has 0 radical (unpaired) electrons. The van der Waals surface area contributed by atoms with E-state index in [9.17, 15) is 0 Å². The zero-order chi connectivity index (χ0) is 84.2. The largest absolute Gasteiger partial charge is 0.438 e. The molecule has 28 aromatic rings. The van der Waals surface area contributed by atoms with Gasteiger partial charge in [-0.3, -0.25) is 9.13 Å². The second-order valence-corrected chi connectivity index (χ2v) is 34.6. The summed E-state index contributed by atoms with van der Waals surface area (Å²) < 4.78 is 20.8. The normalized spacial score (nSPS) is 12.2. The number of hydrogen-bond donors (Lipinski definition) is 0. The van der Waals surface area contributed by atoms with Crippen LogP contribution >= 0.6 is 11.3 Å². The third kappa shape index (κ3) is 10.6. The Morgan fingerprint density at radius 3 is 1.37 bits per heavy atom. The molecule has 0 saturated heterocycles. The van der Waals surface area contributed by atoms with Crippen LogP contribution in [0.25, 0.3) is 269 Å². The first-order valence-corrected chi connectivity index (χ1v) is 44.4. The number of para-hydroxylation sites is 8. The molecule has 0 saturated carbocycles. The highest BCUT2D eigenvalue weighted by molar-refractivity contribution is 7.27. The lowest BCUT2D eigenvalue weighted by molar-refractivity contribution is 0.654. The standard InChI is InChI=1S/C116H67N11OS/c1-4-26-68(27-5-1)69-48-52-72(53-49-69)112-120-113(73-54-50-70(51-55-73)74-56-59-88-103(63-74)129-111-84-37-11-10-36-83(84)108-105(106(88)111)87-40-18-25-47-100(87)126(108)115-118-94-41-19-12-38-85(94)107(119-115)71-28-6-2-7-29-71)122-116(121-112)127-98-45-23-16-35-82(98)92-66-89(104-86-39-17-24-46-99(86)125(110(104)109(92)127)76-30-8-3-9-31-76)75-57-60-101-90(62-75)81-34-15-22-44-97(81)123(101)77-58-61-102-91(64-77)93-65-78(67-117-114(93)128-102)124-95-42-20-13-32-79(95)80-33-14-21-43-96(80)124/h1-67H. The summed E-state index contributed by atoms with van der Waals surface area (Å²) in [4.78, 5) is 32.9. The molecule has 10 aromatic heterocycles. The van der Waals surface area contributed by atoms with Crippen LogP contribution in [0.15, 0.2) is 411 Å². The summed E-state index contributed by atoms with van der Waals surface area (Å²) >= 11 is 1.86. The van der Waals surface area contributed by atoms with Crippen molar-refractivity contribution < 1.29 is 4.42 Å². The Hall–Kier alpha value is -17.3. The van der Waals surface area contributed by atoms with Gasteiger partial charge in [0.1, 0.15) is 5.58 Å². The number of fused-ring (bicyclic) bond motifs is 27. The van der Waals surface area contributed by atoms with Crippen molar-refractivity contribution in [1.29, 1.82) is 0 Å². The third-order valence-electron chi connectivity index (χ3n) is 26.6. The van der Waals surface area contributed by atoms with E-state index in [0.29, 0.717) is 29.3 Å². The molecule has 10 heterocycles. The smallest absolute Gasteiger partial charge is 0.238 e. The first-order valence-electron chi connectivity index (χ1n) is 43.5. The van der Waals surface area contributed by atoms with Gasteiger partial charge in [-0.05, 0) is 137 Å². The Bertz CT molecular complexity index is 9580. The summed E-state index contributed by atoms with van der Waals surface area (Å²) in [5, 5.41) is 19.1. The zero-order valence-corrected chi connectivity index (χ0v) is 69.7. The molecule has 0 unspecified atom stereocenters. The molecule has 0 fully saturated rings.